The molecule has 0 aliphatic carbocycles. The van der Waals surface area contributed by atoms with Crippen LogP contribution in [0.3, 0.4) is 0 Å². The van der Waals surface area contributed by atoms with Gasteiger partial charge in [-0.05, 0) is 51.4 Å². The molecule has 0 aromatic rings. The fourth-order valence-electron chi connectivity index (χ4n) is 6.95. The van der Waals surface area contributed by atoms with Crippen LogP contribution in [0.2, 0.25) is 0 Å². The Bertz CT molecular complexity index is 988. The van der Waals surface area contributed by atoms with E-state index in [-0.39, 0.29) is 32.3 Å². The van der Waals surface area contributed by atoms with E-state index in [4.69, 9.17) is 24.3 Å². The van der Waals surface area contributed by atoms with E-state index in [1.807, 2.05) is 0 Å². The molecule has 0 fully saturated rings. The van der Waals surface area contributed by atoms with Gasteiger partial charge in [0.1, 0.15) is 6.10 Å². The van der Waals surface area contributed by atoms with E-state index in [1.54, 1.807) is 0 Å². The number of rotatable bonds is 47. The second-order valence-corrected chi connectivity index (χ2v) is 17.8. The highest BCUT2D eigenvalue weighted by Gasteiger charge is 2.25. The van der Waals surface area contributed by atoms with Crippen LogP contribution in [0.4, 0.5) is 0 Å². The molecular formula is C49H94NO7P. The van der Waals surface area contributed by atoms with Crippen LogP contribution < -0.4 is 5.73 Å². The standard InChI is InChI=1S/C49H94NO7P/c1-3-5-7-9-11-13-15-17-19-21-23-25-27-29-31-33-35-37-39-41-44-54-46-48(47-56-58(52,53)55-45-43-50)57-49(51)42-40-38-36-34-32-30-28-26-24-22-20-18-16-14-12-10-8-6-4-2/h12,14,18,20,24,26,48H,3-11,13,15-17,19,21-23,25,27-47,50H2,1-2H3,(H,52,53)/b14-12-,20-18-,26-24-. The Morgan fingerprint density at radius 3 is 1.40 bits per heavy atom. The summed E-state index contributed by atoms with van der Waals surface area (Å²) in [6.07, 6.45) is 54.5. The molecule has 0 spiro atoms. The summed E-state index contributed by atoms with van der Waals surface area (Å²) in [7, 11) is -4.28. The molecule has 0 aliphatic rings. The highest BCUT2D eigenvalue weighted by molar-refractivity contribution is 7.47. The lowest BCUT2D eigenvalue weighted by Gasteiger charge is -2.20. The van der Waals surface area contributed by atoms with Gasteiger partial charge in [-0.25, -0.2) is 4.57 Å². The van der Waals surface area contributed by atoms with Crippen molar-refractivity contribution in [3.05, 3.63) is 36.5 Å². The number of ether oxygens (including phenoxy) is 2. The number of allylic oxidation sites excluding steroid dienone is 6. The maximum atomic E-state index is 12.6. The molecule has 0 aromatic carbocycles. The monoisotopic (exact) mass is 840 g/mol. The zero-order valence-corrected chi connectivity index (χ0v) is 38.9. The van der Waals surface area contributed by atoms with Crippen molar-refractivity contribution in [3.8, 4) is 0 Å². The van der Waals surface area contributed by atoms with Crippen molar-refractivity contribution in [2.45, 2.75) is 238 Å². The van der Waals surface area contributed by atoms with Gasteiger partial charge in [0, 0.05) is 19.6 Å². The molecule has 9 heteroatoms. The molecule has 0 saturated heterocycles. The van der Waals surface area contributed by atoms with Crippen molar-refractivity contribution in [2.75, 3.05) is 33.0 Å². The van der Waals surface area contributed by atoms with E-state index in [0.29, 0.717) is 13.0 Å². The Balaban J connectivity index is 3.97. The van der Waals surface area contributed by atoms with Crippen molar-refractivity contribution < 1.29 is 32.8 Å². The molecule has 58 heavy (non-hydrogen) atoms. The summed E-state index contributed by atoms with van der Waals surface area (Å²) in [4.78, 5) is 22.6. The van der Waals surface area contributed by atoms with Gasteiger partial charge in [0.05, 0.1) is 19.8 Å². The molecule has 0 aliphatic heterocycles. The SMILES string of the molecule is CCCCC/C=C\C/C=C\C/C=C\CCCCCCCCC(=O)OC(COCCCCCCCCCCCCCCCCCCCCCC)COP(=O)(O)OCCN. The van der Waals surface area contributed by atoms with Gasteiger partial charge in [-0.3, -0.25) is 13.8 Å². The smallest absolute Gasteiger partial charge is 0.457 e. The molecule has 0 radical (unpaired) electrons. The van der Waals surface area contributed by atoms with E-state index in [0.717, 1.165) is 57.8 Å². The van der Waals surface area contributed by atoms with Crippen LogP contribution in [0.15, 0.2) is 36.5 Å². The molecule has 342 valence electrons. The molecule has 2 atom stereocenters. The first kappa shape index (κ1) is 56.7. The lowest BCUT2D eigenvalue weighted by Crippen LogP contribution is -2.28. The van der Waals surface area contributed by atoms with Gasteiger partial charge < -0.3 is 20.1 Å². The topological polar surface area (TPSA) is 117 Å². The maximum absolute atomic E-state index is 12.6. The van der Waals surface area contributed by atoms with Gasteiger partial charge in [-0.2, -0.15) is 0 Å². The number of esters is 1. The first-order valence-electron chi connectivity index (χ1n) is 24.5. The molecule has 8 nitrogen and oxygen atoms in total. The minimum atomic E-state index is -4.28. The zero-order valence-electron chi connectivity index (χ0n) is 38.0. The average molecular weight is 840 g/mol. The average Bonchev–Trinajstić information content (AvgIpc) is 3.21. The Labute approximate surface area is 358 Å². The van der Waals surface area contributed by atoms with Crippen LogP contribution in [0.5, 0.6) is 0 Å². The van der Waals surface area contributed by atoms with Crippen LogP contribution in [-0.4, -0.2) is 49.9 Å². The molecule has 2 unspecified atom stereocenters. The lowest BCUT2D eigenvalue weighted by atomic mass is 10.0. The Hall–Kier alpha value is -1.28. The summed E-state index contributed by atoms with van der Waals surface area (Å²) in [6.45, 7) is 4.92. The van der Waals surface area contributed by atoms with Gasteiger partial charge >= 0.3 is 13.8 Å². The molecule has 0 heterocycles. The molecule has 0 saturated carbocycles. The van der Waals surface area contributed by atoms with Crippen molar-refractivity contribution >= 4 is 13.8 Å². The third-order valence-corrected chi connectivity index (χ3v) is 11.5. The number of carbonyl (C=O) groups is 1. The summed E-state index contributed by atoms with van der Waals surface area (Å²) in [5, 5.41) is 0. The van der Waals surface area contributed by atoms with Crippen LogP contribution >= 0.6 is 7.82 Å². The molecule has 0 rings (SSSR count). The minimum Gasteiger partial charge on any atom is -0.457 e. The largest absolute Gasteiger partial charge is 0.472 e. The molecule has 3 N–H and O–H groups in total. The second kappa shape index (κ2) is 46.8. The van der Waals surface area contributed by atoms with Gasteiger partial charge in [-0.15, -0.1) is 0 Å². The van der Waals surface area contributed by atoms with Crippen molar-refractivity contribution in [3.63, 3.8) is 0 Å². The predicted molar refractivity (Wildman–Crippen MR) is 247 cm³/mol. The number of carbonyl (C=O) groups excluding carboxylic acids is 1. The van der Waals surface area contributed by atoms with E-state index >= 15 is 0 Å². The normalized spacial score (nSPS) is 13.7. The quantitative estimate of drug-likeness (QED) is 0.0269. The first-order chi connectivity index (χ1) is 28.4. The van der Waals surface area contributed by atoms with Gasteiger partial charge in [0.25, 0.3) is 0 Å². The van der Waals surface area contributed by atoms with E-state index in [9.17, 15) is 14.3 Å². The highest BCUT2D eigenvalue weighted by atomic mass is 31.2. The zero-order chi connectivity index (χ0) is 42.3. The fraction of sp³-hybridized carbons (Fsp3) is 0.857. The predicted octanol–water partition coefficient (Wildman–Crippen LogP) is 15.0. The molecular weight excluding hydrogens is 746 g/mol. The van der Waals surface area contributed by atoms with Crippen molar-refractivity contribution in [2.24, 2.45) is 5.73 Å². The summed E-state index contributed by atoms with van der Waals surface area (Å²) < 4.78 is 33.5. The number of hydrogen-bond donors (Lipinski definition) is 2. The number of nitrogens with two attached hydrogens (primary N) is 1. The molecule has 0 bridgehead atoms. The summed E-state index contributed by atoms with van der Waals surface area (Å²) in [5.74, 6) is -0.339. The molecule has 0 aromatic heterocycles. The van der Waals surface area contributed by atoms with Gasteiger partial charge in [-0.1, -0.05) is 211 Å². The van der Waals surface area contributed by atoms with E-state index in [1.165, 1.54) is 154 Å². The van der Waals surface area contributed by atoms with Gasteiger partial charge in [0.15, 0.2) is 0 Å². The number of phosphoric ester groups is 1. The highest BCUT2D eigenvalue weighted by Crippen LogP contribution is 2.43. The van der Waals surface area contributed by atoms with Crippen LogP contribution in [0, 0.1) is 0 Å². The third-order valence-electron chi connectivity index (χ3n) is 10.6. The summed E-state index contributed by atoms with van der Waals surface area (Å²) in [6, 6.07) is 0. The van der Waals surface area contributed by atoms with Crippen LogP contribution in [0.25, 0.3) is 0 Å². The fourth-order valence-corrected chi connectivity index (χ4v) is 7.71. The maximum Gasteiger partial charge on any atom is 0.472 e. The Kier molecular flexibility index (Phi) is 45.7. The van der Waals surface area contributed by atoms with Crippen molar-refractivity contribution in [1.29, 1.82) is 0 Å². The third kappa shape index (κ3) is 45.8. The van der Waals surface area contributed by atoms with Crippen LogP contribution in [-0.2, 0) is 27.9 Å². The number of hydrogen-bond acceptors (Lipinski definition) is 7. The van der Waals surface area contributed by atoms with E-state index < -0.39 is 13.9 Å². The first-order valence-corrected chi connectivity index (χ1v) is 26.0. The Morgan fingerprint density at radius 1 is 0.517 bits per heavy atom. The van der Waals surface area contributed by atoms with Gasteiger partial charge in [0.2, 0.25) is 0 Å². The second-order valence-electron chi connectivity index (χ2n) is 16.3. The summed E-state index contributed by atoms with van der Waals surface area (Å²) in [5.41, 5.74) is 5.38. The summed E-state index contributed by atoms with van der Waals surface area (Å²) >= 11 is 0. The minimum absolute atomic E-state index is 0.0972. The molecule has 0 amide bonds. The Morgan fingerprint density at radius 2 is 0.914 bits per heavy atom. The van der Waals surface area contributed by atoms with E-state index in [2.05, 4.69) is 50.3 Å². The lowest BCUT2D eigenvalue weighted by molar-refractivity contribution is -0.154. The van der Waals surface area contributed by atoms with Crippen molar-refractivity contribution in [1.82, 2.24) is 0 Å². The van der Waals surface area contributed by atoms with Crippen LogP contribution in [0.1, 0.15) is 232 Å². The number of unbranched alkanes of at least 4 members (excludes halogenated alkanes) is 28. The number of phosphoric acid groups is 1.